The summed E-state index contributed by atoms with van der Waals surface area (Å²) in [4.78, 5) is 0. The molecule has 1 fully saturated rings. The molecule has 0 spiro atoms. The Morgan fingerprint density at radius 1 is 0.706 bits per heavy atom. The molecule has 2 rings (SSSR count). The number of rotatable bonds is 1. The van der Waals surface area contributed by atoms with E-state index >= 15 is 0 Å². The first kappa shape index (κ1) is 13.2. The quantitative estimate of drug-likeness (QED) is 0.741. The van der Waals surface area contributed by atoms with Crippen molar-refractivity contribution in [1.82, 2.24) is 0 Å². The van der Waals surface area contributed by atoms with Crippen molar-refractivity contribution in [3.8, 4) is 0 Å². The zero-order chi connectivity index (χ0) is 12.7. The van der Waals surface area contributed by atoms with Gasteiger partial charge >= 0.3 is 25.7 Å². The van der Waals surface area contributed by atoms with Gasteiger partial charge in [0.05, 0.1) is 0 Å². The molecule has 17 heavy (non-hydrogen) atoms. The van der Waals surface area contributed by atoms with Crippen LogP contribution in [0.3, 0.4) is 0 Å². The van der Waals surface area contributed by atoms with Crippen LogP contribution in [-0.2, 0) is 12.3 Å². The van der Waals surface area contributed by atoms with Crippen LogP contribution in [0.4, 0.5) is 0 Å². The lowest BCUT2D eigenvalue weighted by molar-refractivity contribution is 0.243. The minimum atomic E-state index is -2.29. The lowest BCUT2D eigenvalue weighted by Gasteiger charge is -2.47. The first-order valence-electron chi connectivity index (χ1n) is 5.89. The van der Waals surface area contributed by atoms with E-state index in [-0.39, 0.29) is 0 Å². The molecular weight excluding hydrogens is 264 g/mol. The van der Waals surface area contributed by atoms with Gasteiger partial charge in [-0.1, -0.05) is 30.3 Å². The third kappa shape index (κ3) is 2.95. The second-order valence-electron chi connectivity index (χ2n) is 5.42. The summed E-state index contributed by atoms with van der Waals surface area (Å²) in [5.41, 5.74) is 0. The summed E-state index contributed by atoms with van der Waals surface area (Å²) in [5.74, 6) is 0. The number of hydrogen-bond donors (Lipinski definition) is 0. The van der Waals surface area contributed by atoms with Gasteiger partial charge in [-0.05, 0) is 37.9 Å². The van der Waals surface area contributed by atoms with Gasteiger partial charge in [0.2, 0.25) is 0 Å². The number of hydrogen-bond acceptors (Lipinski definition) is 3. The fourth-order valence-electron chi connectivity index (χ4n) is 2.45. The van der Waals surface area contributed by atoms with Gasteiger partial charge in [0, 0.05) is 0 Å². The predicted molar refractivity (Wildman–Crippen MR) is 75.9 cm³/mol. The Kier molecular flexibility index (Phi) is 3.22. The summed E-state index contributed by atoms with van der Waals surface area (Å²) in [6.07, 6.45) is 0. The summed E-state index contributed by atoms with van der Waals surface area (Å²) in [6.45, 7) is 10.6. The Morgan fingerprint density at radius 2 is 1.18 bits per heavy atom. The van der Waals surface area contributed by atoms with Gasteiger partial charge < -0.3 is 12.3 Å². The molecule has 1 aliphatic heterocycles. The minimum Gasteiger partial charge on any atom is -0.416 e. The van der Waals surface area contributed by atoms with Crippen molar-refractivity contribution in [2.75, 3.05) is 0 Å². The predicted octanol–water partition coefficient (Wildman–Crippen LogP) is 2.43. The van der Waals surface area contributed by atoms with Crippen LogP contribution in [0.1, 0.15) is 0 Å². The lowest BCUT2D eigenvalue weighted by atomic mass is 10.4. The van der Waals surface area contributed by atoms with E-state index < -0.39 is 25.7 Å². The summed E-state index contributed by atoms with van der Waals surface area (Å²) in [5, 5.41) is 1.20. The Hall–Kier alpha value is -0.249. The molecule has 0 unspecified atom stereocenters. The van der Waals surface area contributed by atoms with E-state index in [9.17, 15) is 0 Å². The van der Waals surface area contributed by atoms with E-state index in [4.69, 9.17) is 12.3 Å². The smallest absolute Gasteiger partial charge is 0.351 e. The lowest BCUT2D eigenvalue weighted by Crippen LogP contribution is -2.69. The van der Waals surface area contributed by atoms with Gasteiger partial charge in [0.25, 0.3) is 0 Å². The normalized spacial score (nSPS) is 25.5. The Labute approximate surface area is 106 Å². The maximum Gasteiger partial charge on any atom is 0.351 e. The summed E-state index contributed by atoms with van der Waals surface area (Å²) in [6, 6.07) is 10.3. The van der Waals surface area contributed by atoms with E-state index in [0.29, 0.717) is 0 Å². The molecule has 1 aromatic carbocycles. The molecule has 1 aliphatic rings. The maximum atomic E-state index is 6.25. The van der Waals surface area contributed by atoms with Crippen LogP contribution in [0, 0.1) is 0 Å². The Bertz CT molecular complexity index is 390. The molecule has 1 heterocycles. The van der Waals surface area contributed by atoms with Crippen LogP contribution in [0.15, 0.2) is 30.3 Å². The van der Waals surface area contributed by atoms with Crippen molar-refractivity contribution in [2.24, 2.45) is 0 Å². The zero-order valence-electron chi connectivity index (χ0n) is 11.1. The molecule has 0 bridgehead atoms. The molecule has 6 heteroatoms. The molecule has 0 aromatic heterocycles. The van der Waals surface area contributed by atoms with Crippen molar-refractivity contribution < 1.29 is 12.3 Å². The van der Waals surface area contributed by atoms with Crippen LogP contribution in [0.25, 0.3) is 0 Å². The highest BCUT2D eigenvalue weighted by molar-refractivity contribution is 6.97. The molecule has 0 N–H and O–H groups in total. The van der Waals surface area contributed by atoms with Crippen molar-refractivity contribution in [3.63, 3.8) is 0 Å². The van der Waals surface area contributed by atoms with Crippen LogP contribution in [-0.4, -0.2) is 25.7 Å². The van der Waals surface area contributed by atoms with Gasteiger partial charge in [0.15, 0.2) is 0 Å². The fourth-order valence-corrected chi connectivity index (χ4v) is 18.1. The maximum absolute atomic E-state index is 6.25. The molecule has 94 valence electrons. The van der Waals surface area contributed by atoms with Crippen LogP contribution in [0.2, 0.25) is 32.7 Å². The zero-order valence-corrected chi connectivity index (χ0v) is 14.1. The SMILES string of the molecule is C[Si]1(C)O[Si](C)(C)O[Si](C)(c2ccccc2)O1. The molecule has 3 nitrogen and oxygen atoms in total. The van der Waals surface area contributed by atoms with Crippen LogP contribution >= 0.6 is 0 Å². The molecule has 1 saturated heterocycles. The topological polar surface area (TPSA) is 27.7 Å². The molecule has 0 aliphatic carbocycles. The second-order valence-corrected chi connectivity index (χ2v) is 15.9. The Balaban J connectivity index is 2.37. The fraction of sp³-hybridized carbons (Fsp3) is 0.455. The molecule has 0 amide bonds. The highest BCUT2D eigenvalue weighted by Gasteiger charge is 2.53. The van der Waals surface area contributed by atoms with Gasteiger partial charge in [0.1, 0.15) is 0 Å². The van der Waals surface area contributed by atoms with Crippen molar-refractivity contribution in [3.05, 3.63) is 30.3 Å². The average molecular weight is 285 g/mol. The first-order chi connectivity index (χ1) is 7.73. The average Bonchev–Trinajstić information content (AvgIpc) is 2.13. The summed E-state index contributed by atoms with van der Waals surface area (Å²) in [7, 11) is -6.38. The molecule has 0 radical (unpaired) electrons. The van der Waals surface area contributed by atoms with Crippen LogP contribution < -0.4 is 5.19 Å². The highest BCUT2D eigenvalue weighted by Crippen LogP contribution is 2.30. The standard InChI is InChI=1S/C11H20O3Si3/c1-15(2)12-16(3,4)14-17(5,13-15)11-9-7-6-8-10-11/h6-10H,1-5H3. The van der Waals surface area contributed by atoms with Gasteiger partial charge in [-0.3, -0.25) is 0 Å². The summed E-state index contributed by atoms with van der Waals surface area (Å²) < 4.78 is 18.5. The largest absolute Gasteiger partial charge is 0.416 e. The summed E-state index contributed by atoms with van der Waals surface area (Å²) >= 11 is 0. The highest BCUT2D eigenvalue weighted by atomic mass is 28.5. The van der Waals surface area contributed by atoms with E-state index in [0.717, 1.165) is 0 Å². The van der Waals surface area contributed by atoms with Crippen LogP contribution in [0.5, 0.6) is 0 Å². The van der Waals surface area contributed by atoms with Crippen molar-refractivity contribution in [2.45, 2.75) is 32.7 Å². The van der Waals surface area contributed by atoms with E-state index in [1.54, 1.807) is 0 Å². The van der Waals surface area contributed by atoms with Gasteiger partial charge in [-0.25, -0.2) is 0 Å². The third-order valence-corrected chi connectivity index (χ3v) is 15.0. The third-order valence-electron chi connectivity index (χ3n) is 2.67. The van der Waals surface area contributed by atoms with Crippen molar-refractivity contribution in [1.29, 1.82) is 0 Å². The first-order valence-corrected chi connectivity index (χ1v) is 13.8. The van der Waals surface area contributed by atoms with E-state index in [1.807, 2.05) is 18.2 Å². The molecule has 0 atom stereocenters. The molecular formula is C11H20O3Si3. The van der Waals surface area contributed by atoms with Gasteiger partial charge in [-0.15, -0.1) is 0 Å². The van der Waals surface area contributed by atoms with Crippen molar-refractivity contribution >= 4 is 30.9 Å². The minimum absolute atomic E-state index is 1.20. The Morgan fingerprint density at radius 3 is 1.65 bits per heavy atom. The number of benzene rings is 1. The molecule has 0 saturated carbocycles. The van der Waals surface area contributed by atoms with E-state index in [1.165, 1.54) is 5.19 Å². The molecule has 1 aromatic rings. The van der Waals surface area contributed by atoms with E-state index in [2.05, 4.69) is 44.9 Å². The second kappa shape index (κ2) is 4.15. The monoisotopic (exact) mass is 284 g/mol. The van der Waals surface area contributed by atoms with Gasteiger partial charge in [-0.2, -0.15) is 0 Å².